The zero-order valence-corrected chi connectivity index (χ0v) is 39.4. The fraction of sp³-hybridized carbons (Fsp3) is 0. The summed E-state index contributed by atoms with van der Waals surface area (Å²) in [5.41, 5.74) is 16.4. The van der Waals surface area contributed by atoms with Gasteiger partial charge in [0, 0.05) is 53.4 Å². The monoisotopic (exact) mass is 921 g/mol. The Balaban J connectivity index is 1.10. The highest BCUT2D eigenvalue weighted by Gasteiger charge is 2.26. The van der Waals surface area contributed by atoms with Crippen molar-refractivity contribution in [1.29, 1.82) is 0 Å². The molecule has 71 heavy (non-hydrogen) atoms. The molecule has 14 aromatic rings. The van der Waals surface area contributed by atoms with Crippen molar-refractivity contribution in [2.75, 3.05) is 4.90 Å². The lowest BCUT2D eigenvalue weighted by molar-refractivity contribution is 0.674. The molecular weight excluding hydrogens is 879 g/mol. The second-order valence-electron chi connectivity index (χ2n) is 18.4. The van der Waals surface area contributed by atoms with Crippen molar-refractivity contribution in [2.45, 2.75) is 0 Å². The van der Waals surface area contributed by atoms with Crippen LogP contribution in [0.4, 0.5) is 17.1 Å². The van der Waals surface area contributed by atoms with Gasteiger partial charge in [-0.3, -0.25) is 0 Å². The standard InChI is InChI=1S/C68H43NOS/c1-4-17-44(18-5-1)48-31-34-53(35-32-48)69(54-36-33-47-23-10-11-24-49(47)42-54)63-38-37-55(52-40-50(45-19-6-2-7-20-45)39-51(41-52)46-21-8-3-9-22-46)67-65(63)62-43-61(56-25-12-13-27-58(56)66(62)70-67)60-29-16-28-59-57-26-14-15-30-64(57)71-68(59)60/h1-43H. The molecule has 0 spiro atoms. The highest BCUT2D eigenvalue weighted by Crippen LogP contribution is 2.51. The molecule has 0 unspecified atom stereocenters. The van der Waals surface area contributed by atoms with E-state index in [4.69, 9.17) is 4.42 Å². The molecule has 0 fully saturated rings. The number of hydrogen-bond acceptors (Lipinski definition) is 3. The maximum absolute atomic E-state index is 7.55. The first-order valence-corrected chi connectivity index (χ1v) is 25.0. The summed E-state index contributed by atoms with van der Waals surface area (Å²) in [4.78, 5) is 2.43. The second kappa shape index (κ2) is 16.9. The number of rotatable bonds is 8. The summed E-state index contributed by atoms with van der Waals surface area (Å²) in [6.45, 7) is 0. The van der Waals surface area contributed by atoms with Crippen LogP contribution in [0.2, 0.25) is 0 Å². The van der Waals surface area contributed by atoms with Gasteiger partial charge in [-0.2, -0.15) is 0 Å². The predicted octanol–water partition coefficient (Wildman–Crippen LogP) is 20.1. The van der Waals surface area contributed by atoms with Gasteiger partial charge in [0.25, 0.3) is 0 Å². The first-order chi connectivity index (χ1) is 35.2. The highest BCUT2D eigenvalue weighted by molar-refractivity contribution is 7.26. The smallest absolute Gasteiger partial charge is 0.145 e. The maximum Gasteiger partial charge on any atom is 0.145 e. The van der Waals surface area contributed by atoms with Crippen LogP contribution in [0.25, 0.3) is 119 Å². The Labute approximate surface area is 415 Å². The van der Waals surface area contributed by atoms with Crippen molar-refractivity contribution >= 4 is 92.1 Å². The van der Waals surface area contributed by atoms with Crippen LogP contribution in [0.1, 0.15) is 0 Å². The normalized spacial score (nSPS) is 11.7. The Morgan fingerprint density at radius 3 is 1.58 bits per heavy atom. The number of benzene rings is 12. The van der Waals surface area contributed by atoms with Crippen LogP contribution in [0.3, 0.4) is 0 Å². The fourth-order valence-corrected chi connectivity index (χ4v) is 12.1. The quantitative estimate of drug-likeness (QED) is 0.151. The van der Waals surface area contributed by atoms with Gasteiger partial charge in [-0.05, 0) is 127 Å². The van der Waals surface area contributed by atoms with Crippen LogP contribution in [0.5, 0.6) is 0 Å². The van der Waals surface area contributed by atoms with Crippen molar-refractivity contribution < 1.29 is 4.42 Å². The maximum atomic E-state index is 7.55. The molecule has 12 aromatic carbocycles. The number of furan rings is 1. The van der Waals surface area contributed by atoms with Crippen molar-refractivity contribution in [3.63, 3.8) is 0 Å². The molecule has 2 heterocycles. The van der Waals surface area contributed by atoms with Crippen molar-refractivity contribution in [3.8, 4) is 55.6 Å². The zero-order chi connectivity index (χ0) is 46.8. The van der Waals surface area contributed by atoms with Crippen molar-refractivity contribution in [1.82, 2.24) is 0 Å². The number of fused-ring (bicyclic) bond motifs is 9. The lowest BCUT2D eigenvalue weighted by Gasteiger charge is -2.27. The molecule has 0 bridgehead atoms. The van der Waals surface area contributed by atoms with Crippen molar-refractivity contribution in [3.05, 3.63) is 261 Å². The van der Waals surface area contributed by atoms with Crippen LogP contribution in [-0.4, -0.2) is 0 Å². The van der Waals surface area contributed by atoms with Crippen LogP contribution >= 0.6 is 11.3 Å². The van der Waals surface area contributed by atoms with Gasteiger partial charge in [0.05, 0.1) is 11.1 Å². The molecular formula is C68H43NOS. The van der Waals surface area contributed by atoms with E-state index in [2.05, 4.69) is 266 Å². The van der Waals surface area contributed by atoms with Crippen LogP contribution < -0.4 is 4.90 Å². The van der Waals surface area contributed by atoms with Crippen LogP contribution in [0.15, 0.2) is 265 Å². The molecule has 0 aliphatic heterocycles. The van der Waals surface area contributed by atoms with Gasteiger partial charge >= 0.3 is 0 Å². The molecule has 0 saturated heterocycles. The molecule has 0 atom stereocenters. The third-order valence-electron chi connectivity index (χ3n) is 14.2. The van der Waals surface area contributed by atoms with E-state index in [0.717, 1.165) is 83.2 Å². The molecule has 0 radical (unpaired) electrons. The first-order valence-electron chi connectivity index (χ1n) is 24.2. The summed E-state index contributed by atoms with van der Waals surface area (Å²) in [5, 5.41) is 9.31. The van der Waals surface area contributed by atoms with Gasteiger partial charge in [-0.25, -0.2) is 0 Å². The summed E-state index contributed by atoms with van der Waals surface area (Å²) in [6.07, 6.45) is 0. The molecule has 0 amide bonds. The highest BCUT2D eigenvalue weighted by atomic mass is 32.1. The van der Waals surface area contributed by atoms with Gasteiger partial charge in [-0.1, -0.05) is 194 Å². The topological polar surface area (TPSA) is 16.4 Å². The summed E-state index contributed by atoms with van der Waals surface area (Å²) < 4.78 is 10.1. The second-order valence-corrected chi connectivity index (χ2v) is 19.4. The van der Waals surface area contributed by atoms with Gasteiger partial charge in [0.1, 0.15) is 11.2 Å². The Morgan fingerprint density at radius 1 is 0.296 bits per heavy atom. The lowest BCUT2D eigenvalue weighted by Crippen LogP contribution is -2.10. The number of thiophene rings is 1. The zero-order valence-electron chi connectivity index (χ0n) is 38.6. The molecule has 332 valence electrons. The van der Waals surface area contributed by atoms with Crippen LogP contribution in [-0.2, 0) is 0 Å². The average Bonchev–Trinajstić information content (AvgIpc) is 4.03. The SMILES string of the molecule is c1ccc(-c2ccc(N(c3ccc4ccccc4c3)c3ccc(-c4cc(-c5ccccc5)cc(-c5ccccc5)c4)c4oc5c6ccccc6c(-c6cccc7c6sc6ccccc67)cc5c34)cc2)cc1. The number of hydrogen-bond donors (Lipinski definition) is 0. The molecule has 2 nitrogen and oxygen atoms in total. The summed E-state index contributed by atoms with van der Waals surface area (Å²) in [7, 11) is 0. The summed E-state index contributed by atoms with van der Waals surface area (Å²) >= 11 is 1.87. The first kappa shape index (κ1) is 41.0. The van der Waals surface area contributed by atoms with E-state index in [9.17, 15) is 0 Å². The predicted molar refractivity (Wildman–Crippen MR) is 303 cm³/mol. The Bertz CT molecular complexity index is 4270. The van der Waals surface area contributed by atoms with E-state index < -0.39 is 0 Å². The molecule has 0 aliphatic carbocycles. The van der Waals surface area contributed by atoms with E-state index in [-0.39, 0.29) is 0 Å². The van der Waals surface area contributed by atoms with Gasteiger partial charge in [-0.15, -0.1) is 11.3 Å². The minimum absolute atomic E-state index is 0.843. The van der Waals surface area contributed by atoms with E-state index in [1.807, 2.05) is 11.3 Å². The summed E-state index contributed by atoms with van der Waals surface area (Å²) in [6, 6.07) is 94.9. The van der Waals surface area contributed by atoms with E-state index in [1.54, 1.807) is 0 Å². The minimum Gasteiger partial charge on any atom is -0.455 e. The largest absolute Gasteiger partial charge is 0.455 e. The van der Waals surface area contributed by atoms with Crippen molar-refractivity contribution in [2.24, 2.45) is 0 Å². The lowest BCUT2D eigenvalue weighted by atomic mass is 9.91. The summed E-state index contributed by atoms with van der Waals surface area (Å²) in [5.74, 6) is 0. The Kier molecular flexibility index (Phi) is 9.75. The number of anilines is 3. The Morgan fingerprint density at radius 2 is 0.859 bits per heavy atom. The molecule has 14 rings (SSSR count). The van der Waals surface area contributed by atoms with E-state index in [0.29, 0.717) is 0 Å². The molecule has 0 aliphatic rings. The molecule has 2 aromatic heterocycles. The minimum atomic E-state index is 0.843. The average molecular weight is 922 g/mol. The molecule has 3 heteroatoms. The third kappa shape index (κ3) is 7.01. The number of nitrogens with zero attached hydrogens (tertiary/aromatic N) is 1. The molecule has 0 saturated carbocycles. The van der Waals surface area contributed by atoms with Gasteiger partial charge in [0.15, 0.2) is 0 Å². The third-order valence-corrected chi connectivity index (χ3v) is 15.4. The van der Waals surface area contributed by atoms with E-state index >= 15 is 0 Å². The molecule has 0 N–H and O–H groups in total. The fourth-order valence-electron chi connectivity index (χ4n) is 10.8. The van der Waals surface area contributed by atoms with Gasteiger partial charge in [0.2, 0.25) is 0 Å². The van der Waals surface area contributed by atoms with Gasteiger partial charge < -0.3 is 9.32 Å². The van der Waals surface area contributed by atoms with E-state index in [1.165, 1.54) is 53.2 Å². The van der Waals surface area contributed by atoms with Crippen LogP contribution in [0, 0.1) is 0 Å². The Hall–Kier alpha value is -9.02.